The van der Waals surface area contributed by atoms with Gasteiger partial charge in [-0.1, -0.05) is 13.5 Å². The van der Waals surface area contributed by atoms with Crippen LogP contribution in [0.2, 0.25) is 0 Å². The van der Waals surface area contributed by atoms with Gasteiger partial charge in [-0.3, -0.25) is 4.79 Å². The number of carbonyl (C=O) groups is 2. The second-order valence-electron chi connectivity index (χ2n) is 6.56. The second kappa shape index (κ2) is 24.1. The normalized spacial score (nSPS) is 10.8. The zero-order valence-corrected chi connectivity index (χ0v) is 19.6. The number of esters is 2. The zero-order chi connectivity index (χ0) is 23.7. The molecule has 0 bridgehead atoms. The minimum absolute atomic E-state index is 0.192. The molecule has 0 spiro atoms. The van der Waals surface area contributed by atoms with E-state index in [1.54, 1.807) is 6.92 Å². The molecule has 0 aromatic carbocycles. The fourth-order valence-electron chi connectivity index (χ4n) is 2.01. The Balaban J connectivity index is 3.10. The van der Waals surface area contributed by atoms with E-state index in [9.17, 15) is 9.59 Å². The molecule has 0 aliphatic heterocycles. The van der Waals surface area contributed by atoms with E-state index in [0.29, 0.717) is 91.3 Å². The van der Waals surface area contributed by atoms with Crippen molar-refractivity contribution in [2.75, 3.05) is 92.5 Å². The van der Waals surface area contributed by atoms with Crippen LogP contribution in [0.5, 0.6) is 0 Å². The van der Waals surface area contributed by atoms with Crippen molar-refractivity contribution in [1.29, 1.82) is 0 Å². The maximum Gasteiger partial charge on any atom is 0.333 e. The van der Waals surface area contributed by atoms with E-state index in [2.05, 4.69) is 6.58 Å². The molecule has 0 heterocycles. The predicted molar refractivity (Wildman–Crippen MR) is 117 cm³/mol. The molecular formula is C22H40O10. The van der Waals surface area contributed by atoms with Crippen molar-refractivity contribution in [1.82, 2.24) is 0 Å². The Morgan fingerprint density at radius 1 is 0.562 bits per heavy atom. The lowest BCUT2D eigenvalue weighted by atomic mass is 10.3. The molecule has 0 aromatic heterocycles. The van der Waals surface area contributed by atoms with Crippen LogP contribution in [-0.4, -0.2) is 104 Å². The van der Waals surface area contributed by atoms with Gasteiger partial charge in [-0.15, -0.1) is 0 Å². The SMILES string of the molecule is C=C(C)C(=O)OCCOCCOCCOCCOCCOCCOCCOC(=O)CCC. The first-order chi connectivity index (χ1) is 15.6. The van der Waals surface area contributed by atoms with E-state index in [4.69, 9.17) is 37.9 Å². The summed E-state index contributed by atoms with van der Waals surface area (Å²) in [7, 11) is 0. The molecule has 0 unspecified atom stereocenters. The third kappa shape index (κ3) is 23.1. The Bertz CT molecular complexity index is 470. The number of rotatable bonds is 24. The fraction of sp³-hybridized carbons (Fsp3) is 0.818. The van der Waals surface area contributed by atoms with Gasteiger partial charge in [-0.2, -0.15) is 0 Å². The van der Waals surface area contributed by atoms with Gasteiger partial charge in [0.1, 0.15) is 13.2 Å². The number of hydrogen-bond donors (Lipinski definition) is 0. The van der Waals surface area contributed by atoms with Crippen LogP contribution >= 0.6 is 0 Å². The van der Waals surface area contributed by atoms with Crippen LogP contribution < -0.4 is 0 Å². The molecule has 0 aliphatic rings. The molecule has 0 N–H and O–H groups in total. The summed E-state index contributed by atoms with van der Waals surface area (Å²) in [6.45, 7) is 12.8. The molecule has 0 aliphatic carbocycles. The summed E-state index contributed by atoms with van der Waals surface area (Å²) in [5.41, 5.74) is 0.369. The van der Waals surface area contributed by atoms with Gasteiger partial charge in [0.25, 0.3) is 0 Å². The average molecular weight is 465 g/mol. The predicted octanol–water partition coefficient (Wildman–Crippen LogP) is 1.55. The van der Waals surface area contributed by atoms with Gasteiger partial charge in [-0.25, -0.2) is 4.79 Å². The van der Waals surface area contributed by atoms with Gasteiger partial charge < -0.3 is 37.9 Å². The van der Waals surface area contributed by atoms with E-state index in [1.807, 2.05) is 6.92 Å². The van der Waals surface area contributed by atoms with Crippen molar-refractivity contribution in [3.63, 3.8) is 0 Å². The molecule has 0 saturated carbocycles. The molecular weight excluding hydrogens is 424 g/mol. The molecule has 0 radical (unpaired) electrons. The third-order valence-corrected chi connectivity index (χ3v) is 3.61. The van der Waals surface area contributed by atoms with Gasteiger partial charge >= 0.3 is 11.9 Å². The average Bonchev–Trinajstić information content (AvgIpc) is 2.77. The smallest absolute Gasteiger partial charge is 0.333 e. The molecule has 32 heavy (non-hydrogen) atoms. The number of ether oxygens (including phenoxy) is 8. The molecule has 10 heteroatoms. The minimum Gasteiger partial charge on any atom is -0.463 e. The maximum atomic E-state index is 11.1. The van der Waals surface area contributed by atoms with Crippen LogP contribution in [0.3, 0.4) is 0 Å². The monoisotopic (exact) mass is 464 g/mol. The van der Waals surface area contributed by atoms with Gasteiger partial charge in [0.05, 0.1) is 79.3 Å². The first kappa shape index (κ1) is 30.4. The summed E-state index contributed by atoms with van der Waals surface area (Å²) < 4.78 is 41.9. The Morgan fingerprint density at radius 2 is 0.875 bits per heavy atom. The molecule has 188 valence electrons. The number of hydrogen-bond acceptors (Lipinski definition) is 10. The van der Waals surface area contributed by atoms with Crippen molar-refractivity contribution in [2.24, 2.45) is 0 Å². The van der Waals surface area contributed by atoms with Crippen LogP contribution in [-0.2, 0) is 47.5 Å². The van der Waals surface area contributed by atoms with E-state index >= 15 is 0 Å². The summed E-state index contributed by atoms with van der Waals surface area (Å²) in [5, 5.41) is 0. The van der Waals surface area contributed by atoms with E-state index in [-0.39, 0.29) is 19.2 Å². The van der Waals surface area contributed by atoms with Gasteiger partial charge in [0.2, 0.25) is 0 Å². The van der Waals surface area contributed by atoms with Gasteiger partial charge in [-0.05, 0) is 13.3 Å². The van der Waals surface area contributed by atoms with Gasteiger partial charge in [0.15, 0.2) is 0 Å². The standard InChI is InChI=1S/C22H40O10/c1-4-5-21(23)31-18-16-29-14-12-27-10-8-25-6-7-26-9-11-28-13-15-30-17-19-32-22(24)20(2)3/h2,4-19H2,1,3H3. The van der Waals surface area contributed by atoms with Crippen molar-refractivity contribution >= 4 is 11.9 Å². The van der Waals surface area contributed by atoms with Gasteiger partial charge in [0, 0.05) is 12.0 Å². The Morgan fingerprint density at radius 3 is 1.19 bits per heavy atom. The van der Waals surface area contributed by atoms with Crippen LogP contribution in [0.4, 0.5) is 0 Å². The minimum atomic E-state index is -0.414. The summed E-state index contributed by atoms with van der Waals surface area (Å²) in [5.74, 6) is -0.605. The highest BCUT2D eigenvalue weighted by atomic mass is 16.6. The molecule has 0 aromatic rings. The van der Waals surface area contributed by atoms with E-state index in [0.717, 1.165) is 6.42 Å². The molecule has 0 saturated heterocycles. The summed E-state index contributed by atoms with van der Waals surface area (Å²) in [6.07, 6.45) is 1.22. The lowest BCUT2D eigenvalue weighted by Gasteiger charge is -2.08. The highest BCUT2D eigenvalue weighted by molar-refractivity contribution is 5.86. The molecule has 10 nitrogen and oxygen atoms in total. The summed E-state index contributed by atoms with van der Waals surface area (Å²) >= 11 is 0. The summed E-state index contributed by atoms with van der Waals surface area (Å²) in [4.78, 5) is 22.3. The highest BCUT2D eigenvalue weighted by Crippen LogP contribution is 1.92. The molecule has 0 atom stereocenters. The summed E-state index contributed by atoms with van der Waals surface area (Å²) in [6, 6.07) is 0. The Kier molecular flexibility index (Phi) is 22.9. The van der Waals surface area contributed by atoms with Crippen molar-refractivity contribution in [3.05, 3.63) is 12.2 Å². The van der Waals surface area contributed by atoms with Crippen LogP contribution in [0.1, 0.15) is 26.7 Å². The first-order valence-corrected chi connectivity index (χ1v) is 11.0. The maximum absolute atomic E-state index is 11.1. The largest absolute Gasteiger partial charge is 0.463 e. The van der Waals surface area contributed by atoms with Crippen molar-refractivity contribution < 1.29 is 47.5 Å². The third-order valence-electron chi connectivity index (χ3n) is 3.61. The highest BCUT2D eigenvalue weighted by Gasteiger charge is 2.02. The number of carbonyl (C=O) groups excluding carboxylic acids is 2. The van der Waals surface area contributed by atoms with Crippen LogP contribution in [0.25, 0.3) is 0 Å². The molecule has 0 amide bonds. The zero-order valence-electron chi connectivity index (χ0n) is 19.6. The second-order valence-corrected chi connectivity index (χ2v) is 6.56. The van der Waals surface area contributed by atoms with Crippen molar-refractivity contribution in [3.8, 4) is 0 Å². The molecule has 0 rings (SSSR count). The first-order valence-electron chi connectivity index (χ1n) is 11.0. The fourth-order valence-corrected chi connectivity index (χ4v) is 2.01. The lowest BCUT2D eigenvalue weighted by molar-refractivity contribution is -0.145. The van der Waals surface area contributed by atoms with E-state index in [1.165, 1.54) is 0 Å². The Labute approximate surface area is 191 Å². The van der Waals surface area contributed by atoms with Crippen molar-refractivity contribution in [2.45, 2.75) is 26.7 Å². The van der Waals surface area contributed by atoms with Crippen LogP contribution in [0.15, 0.2) is 12.2 Å². The Hall–Kier alpha value is -1.56. The quantitative estimate of drug-likeness (QED) is 0.119. The van der Waals surface area contributed by atoms with E-state index < -0.39 is 5.97 Å². The topological polar surface area (TPSA) is 108 Å². The molecule has 0 fully saturated rings. The van der Waals surface area contributed by atoms with Crippen LogP contribution in [0, 0.1) is 0 Å². The lowest BCUT2D eigenvalue weighted by Crippen LogP contribution is -2.15.